The Balaban J connectivity index is 2.15. The summed E-state index contributed by atoms with van der Waals surface area (Å²) < 4.78 is 18.5. The van der Waals surface area contributed by atoms with Crippen LogP contribution in [0.4, 0.5) is 10.1 Å². The van der Waals surface area contributed by atoms with E-state index in [1.165, 1.54) is 0 Å². The van der Waals surface area contributed by atoms with Gasteiger partial charge in [0.1, 0.15) is 18.0 Å². The number of halogens is 1. The van der Waals surface area contributed by atoms with Crippen LogP contribution in [-0.4, -0.2) is 29.0 Å². The number of hydrogen-bond donors (Lipinski definition) is 2. The Morgan fingerprint density at radius 1 is 1.62 bits per heavy atom. The predicted octanol–water partition coefficient (Wildman–Crippen LogP) is 1.11. The third-order valence-corrected chi connectivity index (χ3v) is 3.28. The quantitative estimate of drug-likeness (QED) is 0.579. The molecule has 1 amide bonds. The van der Waals surface area contributed by atoms with Gasteiger partial charge in [0.05, 0.1) is 4.92 Å². The minimum Gasteiger partial charge on any atom is -0.484 e. The third-order valence-electron chi connectivity index (χ3n) is 3.28. The van der Waals surface area contributed by atoms with E-state index in [-0.39, 0.29) is 24.1 Å². The number of benzene rings is 1. The van der Waals surface area contributed by atoms with Crippen LogP contribution in [0.25, 0.3) is 0 Å². The number of amides is 1. The van der Waals surface area contributed by atoms with E-state index < -0.39 is 22.2 Å². The van der Waals surface area contributed by atoms with E-state index in [0.29, 0.717) is 0 Å². The van der Waals surface area contributed by atoms with Gasteiger partial charge in [-0.2, -0.15) is 0 Å². The second kappa shape index (κ2) is 5.65. The van der Waals surface area contributed by atoms with Crippen LogP contribution in [0.3, 0.4) is 0 Å². The molecule has 21 heavy (non-hydrogen) atoms. The Morgan fingerprint density at radius 3 is 2.81 bits per heavy atom. The van der Waals surface area contributed by atoms with Crippen LogP contribution < -0.4 is 15.8 Å². The number of nitrogens with two attached hydrogens (primary N) is 1. The molecule has 0 aliphatic heterocycles. The monoisotopic (exact) mass is 297 g/mol. The number of carbonyl (C=O) groups is 1. The summed E-state index contributed by atoms with van der Waals surface area (Å²) in [5.74, 6) is -1.52. The highest BCUT2D eigenvalue weighted by Gasteiger charge is 2.38. The first-order valence-corrected chi connectivity index (χ1v) is 6.46. The van der Waals surface area contributed by atoms with Crippen molar-refractivity contribution in [3.8, 4) is 5.75 Å². The normalized spacial score (nSPS) is 17.0. The van der Waals surface area contributed by atoms with E-state index in [4.69, 9.17) is 10.5 Å². The first-order valence-electron chi connectivity index (χ1n) is 6.46. The molecule has 0 heterocycles. The van der Waals surface area contributed by atoms with Crippen LogP contribution in [0.1, 0.15) is 19.8 Å². The molecule has 3 N–H and O–H groups in total. The lowest BCUT2D eigenvalue weighted by molar-refractivity contribution is -0.386. The Morgan fingerprint density at radius 2 is 2.29 bits per heavy atom. The molecule has 7 nitrogen and oxygen atoms in total. The van der Waals surface area contributed by atoms with Crippen LogP contribution in [0.15, 0.2) is 18.2 Å². The zero-order chi connectivity index (χ0) is 15.6. The molecule has 2 rings (SSSR count). The smallest absolute Gasteiger partial charge is 0.311 e. The third kappa shape index (κ3) is 3.66. The number of nitrogens with zero attached hydrogens (tertiary/aromatic N) is 1. The topological polar surface area (TPSA) is 107 Å². The highest BCUT2D eigenvalue weighted by molar-refractivity contribution is 5.84. The number of nitrogens with one attached hydrogen (secondary N) is 1. The van der Waals surface area contributed by atoms with Gasteiger partial charge >= 0.3 is 5.69 Å². The maximum atomic E-state index is 13.2. The van der Waals surface area contributed by atoms with Crippen molar-refractivity contribution in [2.45, 2.75) is 31.3 Å². The van der Waals surface area contributed by atoms with Gasteiger partial charge in [-0.15, -0.1) is 0 Å². The molecule has 0 radical (unpaired) electrons. The number of carbonyl (C=O) groups excluding carboxylic acids is 1. The number of hydrogen-bond acceptors (Lipinski definition) is 5. The molecule has 0 spiro atoms. The molecule has 1 saturated carbocycles. The lowest BCUT2D eigenvalue weighted by Crippen LogP contribution is -2.57. The van der Waals surface area contributed by atoms with Crippen LogP contribution in [0.5, 0.6) is 5.75 Å². The second-order valence-corrected chi connectivity index (χ2v) is 5.27. The standard InChI is InChI=1S/C13H16FN3O4/c1-13(12(15)18,16-9-3-4-9)7-21-11-6-8(14)2-5-10(11)17(19)20/h2,5-6,9,16H,3-4,7H2,1H3,(H2,15,18). The summed E-state index contributed by atoms with van der Waals surface area (Å²) in [6.45, 7) is 1.34. The van der Waals surface area contributed by atoms with Crippen molar-refractivity contribution in [3.63, 3.8) is 0 Å². The van der Waals surface area contributed by atoms with Crippen LogP contribution in [-0.2, 0) is 4.79 Å². The Bertz CT molecular complexity index is 577. The highest BCUT2D eigenvalue weighted by atomic mass is 19.1. The van der Waals surface area contributed by atoms with Crippen LogP contribution in [0.2, 0.25) is 0 Å². The lowest BCUT2D eigenvalue weighted by Gasteiger charge is -2.27. The van der Waals surface area contributed by atoms with Crippen molar-refractivity contribution in [2.75, 3.05) is 6.61 Å². The fourth-order valence-corrected chi connectivity index (χ4v) is 1.84. The molecule has 1 atom stereocenters. The summed E-state index contributed by atoms with van der Waals surface area (Å²) in [5, 5.41) is 13.9. The summed E-state index contributed by atoms with van der Waals surface area (Å²) in [5.41, 5.74) is 3.82. The van der Waals surface area contributed by atoms with Gasteiger partial charge in [0.15, 0.2) is 5.75 Å². The Hall–Kier alpha value is -2.22. The van der Waals surface area contributed by atoms with Crippen molar-refractivity contribution >= 4 is 11.6 Å². The minimum atomic E-state index is -1.17. The minimum absolute atomic E-state index is 0.189. The molecule has 8 heteroatoms. The van der Waals surface area contributed by atoms with Gasteiger partial charge in [-0.1, -0.05) is 0 Å². The summed E-state index contributed by atoms with van der Waals surface area (Å²) >= 11 is 0. The molecule has 0 bridgehead atoms. The molecule has 114 valence electrons. The molecule has 1 aliphatic rings. The second-order valence-electron chi connectivity index (χ2n) is 5.27. The maximum Gasteiger partial charge on any atom is 0.311 e. The van der Waals surface area contributed by atoms with Gasteiger partial charge < -0.3 is 10.5 Å². The van der Waals surface area contributed by atoms with Crippen molar-refractivity contribution in [1.82, 2.24) is 5.32 Å². The fraction of sp³-hybridized carbons (Fsp3) is 0.462. The Kier molecular flexibility index (Phi) is 4.08. The largest absolute Gasteiger partial charge is 0.484 e. The molecule has 1 aromatic carbocycles. The van der Waals surface area contributed by atoms with Gasteiger partial charge in [0.25, 0.3) is 0 Å². The van der Waals surface area contributed by atoms with E-state index >= 15 is 0 Å². The summed E-state index contributed by atoms with van der Waals surface area (Å²) in [6.07, 6.45) is 1.87. The first-order chi connectivity index (χ1) is 9.82. The highest BCUT2D eigenvalue weighted by Crippen LogP contribution is 2.29. The summed E-state index contributed by atoms with van der Waals surface area (Å²) in [7, 11) is 0. The molecule has 1 aliphatic carbocycles. The van der Waals surface area contributed by atoms with E-state index in [1.54, 1.807) is 6.92 Å². The first kappa shape index (κ1) is 15.2. The molecule has 1 fully saturated rings. The van der Waals surface area contributed by atoms with Crippen LogP contribution in [0, 0.1) is 15.9 Å². The number of rotatable bonds is 7. The number of primary amides is 1. The van der Waals surface area contributed by atoms with E-state index in [9.17, 15) is 19.3 Å². The van der Waals surface area contributed by atoms with Gasteiger partial charge in [0, 0.05) is 18.2 Å². The molecular formula is C13H16FN3O4. The number of ether oxygens (including phenoxy) is 1. The average Bonchev–Trinajstić information content (AvgIpc) is 3.19. The van der Waals surface area contributed by atoms with E-state index in [1.807, 2.05) is 0 Å². The van der Waals surface area contributed by atoms with Gasteiger partial charge in [-0.05, 0) is 25.8 Å². The van der Waals surface area contributed by atoms with Crippen LogP contribution >= 0.6 is 0 Å². The predicted molar refractivity (Wildman–Crippen MR) is 72.3 cm³/mol. The van der Waals surface area contributed by atoms with Gasteiger partial charge in [0.2, 0.25) is 5.91 Å². The maximum absolute atomic E-state index is 13.2. The van der Waals surface area contributed by atoms with Crippen molar-refractivity contribution in [1.29, 1.82) is 0 Å². The fourth-order valence-electron chi connectivity index (χ4n) is 1.84. The molecule has 0 aromatic heterocycles. The summed E-state index contributed by atoms with van der Waals surface area (Å²) in [4.78, 5) is 21.8. The van der Waals surface area contributed by atoms with E-state index in [0.717, 1.165) is 31.0 Å². The zero-order valence-corrected chi connectivity index (χ0v) is 11.5. The average molecular weight is 297 g/mol. The summed E-state index contributed by atoms with van der Waals surface area (Å²) in [6, 6.07) is 3.09. The lowest BCUT2D eigenvalue weighted by atomic mass is 10.0. The van der Waals surface area contributed by atoms with Gasteiger partial charge in [-0.25, -0.2) is 4.39 Å². The zero-order valence-electron chi connectivity index (χ0n) is 11.5. The molecule has 1 unspecified atom stereocenters. The van der Waals surface area contributed by atoms with Gasteiger partial charge in [-0.3, -0.25) is 20.2 Å². The molecule has 0 saturated heterocycles. The Labute approximate surface area is 120 Å². The van der Waals surface area contributed by atoms with Crippen molar-refractivity contribution in [3.05, 3.63) is 34.1 Å². The van der Waals surface area contributed by atoms with Crippen molar-refractivity contribution < 1.29 is 18.8 Å². The SMILES string of the molecule is CC(COc1cc(F)ccc1[N+](=O)[O-])(NC1CC1)C(N)=O. The molecular weight excluding hydrogens is 281 g/mol. The van der Waals surface area contributed by atoms with Crippen molar-refractivity contribution in [2.24, 2.45) is 5.73 Å². The molecule has 1 aromatic rings. The van der Waals surface area contributed by atoms with E-state index in [2.05, 4.69) is 5.32 Å². The number of nitro groups is 1. The number of nitro benzene ring substituents is 1.